The molecule has 2 bridgehead atoms. The van der Waals surface area contributed by atoms with E-state index in [0.29, 0.717) is 24.7 Å². The SMILES string of the molecule is O=C(CCCCBr)NC1CC2OC1C1CC21. The number of carbonyl (C=O) groups is 1. The van der Waals surface area contributed by atoms with Gasteiger partial charge in [-0.25, -0.2) is 0 Å². The Morgan fingerprint density at radius 1 is 1.31 bits per heavy atom. The van der Waals surface area contributed by atoms with Gasteiger partial charge in [0.2, 0.25) is 5.91 Å². The fourth-order valence-electron chi connectivity index (χ4n) is 3.25. The van der Waals surface area contributed by atoms with Crippen LogP contribution in [0.3, 0.4) is 0 Å². The van der Waals surface area contributed by atoms with Crippen LogP contribution in [0, 0.1) is 11.8 Å². The van der Waals surface area contributed by atoms with Gasteiger partial charge in [-0.2, -0.15) is 0 Å². The van der Waals surface area contributed by atoms with Crippen molar-refractivity contribution in [2.75, 3.05) is 5.33 Å². The smallest absolute Gasteiger partial charge is 0.220 e. The lowest BCUT2D eigenvalue weighted by atomic mass is 9.95. The molecule has 3 aliphatic rings. The summed E-state index contributed by atoms with van der Waals surface area (Å²) in [4.78, 5) is 11.7. The Kier molecular flexibility index (Phi) is 2.96. The molecule has 0 radical (unpaired) electrons. The average molecular weight is 288 g/mol. The van der Waals surface area contributed by atoms with Crippen LogP contribution in [0.15, 0.2) is 0 Å². The maximum atomic E-state index is 11.7. The van der Waals surface area contributed by atoms with Gasteiger partial charge in [0, 0.05) is 11.8 Å². The molecule has 16 heavy (non-hydrogen) atoms. The molecule has 2 heterocycles. The molecule has 90 valence electrons. The molecule has 0 aromatic rings. The molecule has 1 N–H and O–H groups in total. The number of alkyl halides is 1. The van der Waals surface area contributed by atoms with Crippen molar-refractivity contribution in [2.24, 2.45) is 11.8 Å². The zero-order valence-electron chi connectivity index (χ0n) is 9.32. The third kappa shape index (κ3) is 1.90. The summed E-state index contributed by atoms with van der Waals surface area (Å²) in [5.74, 6) is 1.82. The van der Waals surface area contributed by atoms with Crippen molar-refractivity contribution in [1.82, 2.24) is 5.32 Å². The van der Waals surface area contributed by atoms with Crippen LogP contribution in [0.25, 0.3) is 0 Å². The molecule has 0 aromatic carbocycles. The fraction of sp³-hybridized carbons (Fsp3) is 0.917. The monoisotopic (exact) mass is 287 g/mol. The van der Waals surface area contributed by atoms with Crippen LogP contribution >= 0.6 is 15.9 Å². The standard InChI is InChI=1S/C12H18BrNO2/c13-4-2-1-3-11(15)14-9-6-10-7-5-8(7)12(9)16-10/h7-10,12H,1-6H2,(H,14,15). The fourth-order valence-corrected chi connectivity index (χ4v) is 3.65. The summed E-state index contributed by atoms with van der Waals surface area (Å²) in [6.45, 7) is 0. The van der Waals surface area contributed by atoms with Gasteiger partial charge in [-0.05, 0) is 37.5 Å². The van der Waals surface area contributed by atoms with E-state index in [-0.39, 0.29) is 5.91 Å². The van der Waals surface area contributed by atoms with Crippen molar-refractivity contribution in [1.29, 1.82) is 0 Å². The van der Waals surface area contributed by atoms with Crippen molar-refractivity contribution in [3.8, 4) is 0 Å². The van der Waals surface area contributed by atoms with Gasteiger partial charge in [-0.3, -0.25) is 4.79 Å². The van der Waals surface area contributed by atoms with Gasteiger partial charge in [0.05, 0.1) is 18.2 Å². The van der Waals surface area contributed by atoms with Crippen molar-refractivity contribution in [3.63, 3.8) is 0 Å². The molecule has 5 unspecified atom stereocenters. The number of amides is 1. The number of halogens is 1. The topological polar surface area (TPSA) is 38.3 Å². The van der Waals surface area contributed by atoms with Crippen LogP contribution in [0.5, 0.6) is 0 Å². The second-order valence-electron chi connectivity index (χ2n) is 5.26. The molecule has 4 heteroatoms. The Balaban J connectivity index is 1.44. The van der Waals surface area contributed by atoms with E-state index < -0.39 is 0 Å². The first kappa shape index (κ1) is 11.0. The Bertz CT molecular complexity index is 297. The van der Waals surface area contributed by atoms with Crippen molar-refractivity contribution in [2.45, 2.75) is 50.4 Å². The second kappa shape index (κ2) is 4.30. The third-order valence-electron chi connectivity index (χ3n) is 4.14. The lowest BCUT2D eigenvalue weighted by Gasteiger charge is -2.20. The van der Waals surface area contributed by atoms with Gasteiger partial charge in [0.1, 0.15) is 0 Å². The Morgan fingerprint density at radius 2 is 2.19 bits per heavy atom. The molecule has 1 aliphatic carbocycles. The van der Waals surface area contributed by atoms with Crippen molar-refractivity contribution in [3.05, 3.63) is 0 Å². The van der Waals surface area contributed by atoms with Crippen LogP contribution < -0.4 is 5.32 Å². The summed E-state index contributed by atoms with van der Waals surface area (Å²) in [6.07, 6.45) is 5.91. The molecule has 2 aliphatic heterocycles. The van der Waals surface area contributed by atoms with Crippen molar-refractivity contribution >= 4 is 21.8 Å². The summed E-state index contributed by atoms with van der Waals surface area (Å²) < 4.78 is 5.85. The van der Waals surface area contributed by atoms with Crippen LogP contribution in [0.2, 0.25) is 0 Å². The number of ether oxygens (including phenoxy) is 1. The van der Waals surface area contributed by atoms with Gasteiger partial charge in [0.25, 0.3) is 0 Å². The number of hydrogen-bond acceptors (Lipinski definition) is 2. The highest BCUT2D eigenvalue weighted by molar-refractivity contribution is 9.09. The maximum absolute atomic E-state index is 11.7. The summed E-state index contributed by atoms with van der Waals surface area (Å²) in [7, 11) is 0. The molecule has 2 saturated heterocycles. The normalized spacial score (nSPS) is 43.2. The van der Waals surface area contributed by atoms with Gasteiger partial charge >= 0.3 is 0 Å². The van der Waals surface area contributed by atoms with Crippen LogP contribution in [-0.4, -0.2) is 29.5 Å². The van der Waals surface area contributed by atoms with Gasteiger partial charge in [-0.15, -0.1) is 0 Å². The minimum atomic E-state index is 0.208. The molecule has 5 atom stereocenters. The number of unbranched alkanes of at least 4 members (excludes halogenated alkanes) is 1. The highest BCUT2D eigenvalue weighted by atomic mass is 79.9. The zero-order valence-corrected chi connectivity index (χ0v) is 10.9. The lowest BCUT2D eigenvalue weighted by molar-refractivity contribution is -0.122. The summed E-state index contributed by atoms with van der Waals surface area (Å²) in [5, 5.41) is 4.13. The van der Waals surface area contributed by atoms with Gasteiger partial charge in [-0.1, -0.05) is 15.9 Å². The molecule has 1 saturated carbocycles. The van der Waals surface area contributed by atoms with E-state index in [1.54, 1.807) is 0 Å². The van der Waals surface area contributed by atoms with E-state index in [9.17, 15) is 4.79 Å². The molecular weight excluding hydrogens is 270 g/mol. The second-order valence-corrected chi connectivity index (χ2v) is 6.05. The van der Waals surface area contributed by atoms with E-state index in [4.69, 9.17) is 4.74 Å². The summed E-state index contributed by atoms with van der Waals surface area (Å²) >= 11 is 3.38. The first-order chi connectivity index (χ1) is 7.79. The number of fused-ring (bicyclic) bond motifs is 5. The number of carbonyl (C=O) groups excluding carboxylic acids is 1. The zero-order chi connectivity index (χ0) is 11.1. The van der Waals surface area contributed by atoms with E-state index in [1.807, 2.05) is 0 Å². The van der Waals surface area contributed by atoms with Gasteiger partial charge < -0.3 is 10.1 Å². The molecule has 1 amide bonds. The maximum Gasteiger partial charge on any atom is 0.220 e. The minimum absolute atomic E-state index is 0.208. The summed E-state index contributed by atoms with van der Waals surface area (Å²) in [6, 6.07) is 0.310. The van der Waals surface area contributed by atoms with E-state index >= 15 is 0 Å². The Morgan fingerprint density at radius 3 is 2.88 bits per heavy atom. The summed E-state index contributed by atoms with van der Waals surface area (Å²) in [5.41, 5.74) is 0. The average Bonchev–Trinajstić information content (AvgIpc) is 2.88. The number of hydrogen-bond donors (Lipinski definition) is 1. The molecular formula is C12H18BrNO2. The number of rotatable bonds is 5. The van der Waals surface area contributed by atoms with E-state index in [1.165, 1.54) is 6.42 Å². The Labute approximate surface area is 104 Å². The molecule has 0 spiro atoms. The largest absolute Gasteiger partial charge is 0.372 e. The first-order valence-electron chi connectivity index (χ1n) is 6.30. The third-order valence-corrected chi connectivity index (χ3v) is 4.70. The van der Waals surface area contributed by atoms with Crippen LogP contribution in [0.4, 0.5) is 0 Å². The molecule has 0 aromatic heterocycles. The van der Waals surface area contributed by atoms with Crippen LogP contribution in [-0.2, 0) is 9.53 Å². The lowest BCUT2D eigenvalue weighted by Crippen LogP contribution is -2.42. The highest BCUT2D eigenvalue weighted by Crippen LogP contribution is 2.58. The van der Waals surface area contributed by atoms with Crippen molar-refractivity contribution < 1.29 is 9.53 Å². The minimum Gasteiger partial charge on any atom is -0.372 e. The molecule has 3 fully saturated rings. The molecule has 3 nitrogen and oxygen atoms in total. The predicted molar refractivity (Wildman–Crippen MR) is 64.5 cm³/mol. The number of nitrogens with one attached hydrogen (secondary N) is 1. The quantitative estimate of drug-likeness (QED) is 0.619. The highest BCUT2D eigenvalue weighted by Gasteiger charge is 2.62. The Hall–Kier alpha value is -0.0900. The van der Waals surface area contributed by atoms with E-state index in [0.717, 1.165) is 36.4 Å². The van der Waals surface area contributed by atoms with E-state index in [2.05, 4.69) is 21.2 Å². The first-order valence-corrected chi connectivity index (χ1v) is 7.42. The molecule has 3 rings (SSSR count). The predicted octanol–water partition coefficient (Wildman–Crippen LogP) is 1.84. The van der Waals surface area contributed by atoms with Gasteiger partial charge in [0.15, 0.2) is 0 Å². The van der Waals surface area contributed by atoms with Crippen LogP contribution in [0.1, 0.15) is 32.1 Å².